The third kappa shape index (κ3) is 3.12. The van der Waals surface area contributed by atoms with E-state index in [9.17, 15) is 0 Å². The number of halogens is 1. The maximum absolute atomic E-state index is 6.18. The quantitative estimate of drug-likeness (QED) is 0.376. The van der Waals surface area contributed by atoms with Gasteiger partial charge in [-0.3, -0.25) is 9.97 Å². The molecule has 25 heavy (non-hydrogen) atoms. The van der Waals surface area contributed by atoms with E-state index in [1.54, 1.807) is 12.4 Å². The Kier molecular flexibility index (Phi) is 4.17. The summed E-state index contributed by atoms with van der Waals surface area (Å²) in [6, 6.07) is 15.4. The van der Waals surface area contributed by atoms with Crippen molar-refractivity contribution in [3.05, 3.63) is 72.1 Å². The molecule has 0 spiro atoms. The smallest absolute Gasteiger partial charge is 0.175 e. The third-order valence-corrected chi connectivity index (χ3v) is 4.41. The minimum Gasteiger partial charge on any atom is -0.332 e. The molecule has 0 saturated heterocycles. The Morgan fingerprint density at radius 2 is 1.76 bits per heavy atom. The number of benzene rings is 2. The molecule has 2 aromatic heterocycles. The number of aromatic nitrogens is 2. The Labute approximate surface area is 154 Å². The molecule has 0 saturated carbocycles. The first kappa shape index (κ1) is 15.7. The van der Waals surface area contributed by atoms with Crippen molar-refractivity contribution in [2.75, 3.05) is 10.6 Å². The van der Waals surface area contributed by atoms with Crippen LogP contribution in [0.4, 0.5) is 11.4 Å². The lowest BCUT2D eigenvalue weighted by Crippen LogP contribution is -2.19. The minimum absolute atomic E-state index is 0.464. The summed E-state index contributed by atoms with van der Waals surface area (Å²) in [5, 5.41) is 10.5. The van der Waals surface area contributed by atoms with E-state index < -0.39 is 0 Å². The lowest BCUT2D eigenvalue weighted by atomic mass is 10.1. The van der Waals surface area contributed by atoms with Crippen LogP contribution in [-0.4, -0.2) is 15.1 Å². The topological polar surface area (TPSA) is 49.8 Å². The normalized spacial score (nSPS) is 10.8. The van der Waals surface area contributed by atoms with Crippen LogP contribution in [0.25, 0.3) is 21.7 Å². The molecule has 4 aromatic rings. The van der Waals surface area contributed by atoms with E-state index in [1.807, 2.05) is 54.7 Å². The molecule has 0 unspecified atom stereocenters. The highest BCUT2D eigenvalue weighted by Crippen LogP contribution is 2.30. The van der Waals surface area contributed by atoms with Gasteiger partial charge in [-0.05, 0) is 54.0 Å². The van der Waals surface area contributed by atoms with Crippen molar-refractivity contribution in [2.24, 2.45) is 0 Å². The molecule has 0 bridgehead atoms. The van der Waals surface area contributed by atoms with E-state index in [2.05, 4.69) is 20.6 Å². The van der Waals surface area contributed by atoms with Crippen molar-refractivity contribution in [1.82, 2.24) is 9.97 Å². The number of para-hydroxylation sites is 1. The zero-order chi connectivity index (χ0) is 17.2. The first-order valence-corrected chi connectivity index (χ1v) is 8.45. The number of hydrogen-bond donors (Lipinski definition) is 2. The average Bonchev–Trinajstić information content (AvgIpc) is 2.64. The van der Waals surface area contributed by atoms with Crippen molar-refractivity contribution in [3.8, 4) is 0 Å². The summed E-state index contributed by atoms with van der Waals surface area (Å²) >= 11 is 11.6. The van der Waals surface area contributed by atoms with Crippen LogP contribution < -0.4 is 10.6 Å². The van der Waals surface area contributed by atoms with Gasteiger partial charge in [0.2, 0.25) is 0 Å². The van der Waals surface area contributed by atoms with Crippen LogP contribution in [0.1, 0.15) is 0 Å². The molecule has 2 heterocycles. The zero-order valence-electron chi connectivity index (χ0n) is 13.0. The summed E-state index contributed by atoms with van der Waals surface area (Å²) in [5.74, 6) is 0. The fourth-order valence-electron chi connectivity index (χ4n) is 2.74. The highest BCUT2D eigenvalue weighted by atomic mass is 35.5. The number of nitrogens with one attached hydrogen (secondary N) is 2. The van der Waals surface area contributed by atoms with Crippen molar-refractivity contribution < 1.29 is 0 Å². The monoisotopic (exact) mass is 364 g/mol. The van der Waals surface area contributed by atoms with Crippen LogP contribution in [0.15, 0.2) is 67.1 Å². The van der Waals surface area contributed by atoms with Crippen LogP contribution in [-0.2, 0) is 0 Å². The van der Waals surface area contributed by atoms with Gasteiger partial charge in [0.05, 0.1) is 21.9 Å². The molecule has 2 aromatic carbocycles. The van der Waals surface area contributed by atoms with Gasteiger partial charge >= 0.3 is 0 Å². The van der Waals surface area contributed by atoms with Crippen molar-refractivity contribution in [3.63, 3.8) is 0 Å². The van der Waals surface area contributed by atoms with Crippen LogP contribution in [0.5, 0.6) is 0 Å². The van der Waals surface area contributed by atoms with E-state index in [1.165, 1.54) is 0 Å². The largest absolute Gasteiger partial charge is 0.332 e. The summed E-state index contributed by atoms with van der Waals surface area (Å²) in [6.45, 7) is 0. The third-order valence-electron chi connectivity index (χ3n) is 3.88. The summed E-state index contributed by atoms with van der Waals surface area (Å²) in [5.41, 5.74) is 2.52. The Bertz CT molecular complexity index is 1100. The molecule has 2 N–H and O–H groups in total. The predicted octanol–water partition coefficient (Wildman–Crippen LogP) is 5.25. The maximum atomic E-state index is 6.18. The van der Waals surface area contributed by atoms with Crippen LogP contribution in [0.3, 0.4) is 0 Å². The molecule has 0 fully saturated rings. The van der Waals surface area contributed by atoms with Gasteiger partial charge < -0.3 is 10.6 Å². The van der Waals surface area contributed by atoms with Crippen LogP contribution >= 0.6 is 23.8 Å². The van der Waals surface area contributed by atoms with Gasteiger partial charge in [0, 0.05) is 29.4 Å². The van der Waals surface area contributed by atoms with Crippen LogP contribution in [0.2, 0.25) is 5.02 Å². The Morgan fingerprint density at radius 3 is 2.64 bits per heavy atom. The molecule has 0 aliphatic heterocycles. The van der Waals surface area contributed by atoms with Gasteiger partial charge in [-0.25, -0.2) is 0 Å². The van der Waals surface area contributed by atoms with E-state index >= 15 is 0 Å². The summed E-state index contributed by atoms with van der Waals surface area (Å²) in [4.78, 5) is 8.72. The minimum atomic E-state index is 0.464. The molecule has 122 valence electrons. The summed E-state index contributed by atoms with van der Waals surface area (Å²) in [6.07, 6.45) is 5.37. The van der Waals surface area contributed by atoms with Gasteiger partial charge in [0.25, 0.3) is 0 Å². The van der Waals surface area contributed by atoms with E-state index in [0.717, 1.165) is 33.1 Å². The zero-order valence-corrected chi connectivity index (χ0v) is 14.6. The lowest BCUT2D eigenvalue weighted by molar-refractivity contribution is 1.36. The van der Waals surface area contributed by atoms with Gasteiger partial charge in [0.15, 0.2) is 5.11 Å². The maximum Gasteiger partial charge on any atom is 0.175 e. The van der Waals surface area contributed by atoms with E-state index in [4.69, 9.17) is 23.8 Å². The van der Waals surface area contributed by atoms with Gasteiger partial charge in [0.1, 0.15) is 0 Å². The highest BCUT2D eigenvalue weighted by molar-refractivity contribution is 7.80. The van der Waals surface area contributed by atoms with Crippen molar-refractivity contribution in [1.29, 1.82) is 0 Å². The van der Waals surface area contributed by atoms with Crippen LogP contribution in [0, 0.1) is 0 Å². The molecule has 0 aliphatic carbocycles. The molecular formula is C19H13ClN4S. The van der Waals surface area contributed by atoms with Gasteiger partial charge in [-0.1, -0.05) is 23.7 Å². The number of rotatable bonds is 2. The molecule has 0 atom stereocenters. The molecule has 4 nitrogen and oxygen atoms in total. The first-order valence-electron chi connectivity index (χ1n) is 7.66. The molecular weight excluding hydrogens is 352 g/mol. The molecule has 0 aliphatic rings. The van der Waals surface area contributed by atoms with E-state index in [-0.39, 0.29) is 0 Å². The second-order valence-corrected chi connectivity index (χ2v) is 6.29. The fraction of sp³-hybridized carbons (Fsp3) is 0. The highest BCUT2D eigenvalue weighted by Gasteiger charge is 2.09. The molecule has 0 radical (unpaired) electrons. The first-order chi connectivity index (χ1) is 12.2. The fourth-order valence-corrected chi connectivity index (χ4v) is 3.14. The number of fused-ring (bicyclic) bond motifs is 3. The Morgan fingerprint density at radius 1 is 0.920 bits per heavy atom. The molecule has 6 heteroatoms. The number of thiocarbonyl (C=S) groups is 1. The number of hydrogen-bond acceptors (Lipinski definition) is 3. The van der Waals surface area contributed by atoms with E-state index in [0.29, 0.717) is 10.1 Å². The number of anilines is 2. The number of nitrogens with zero attached hydrogens (tertiary/aromatic N) is 2. The Balaban J connectivity index is 1.73. The second kappa shape index (κ2) is 6.63. The van der Waals surface area contributed by atoms with Crippen molar-refractivity contribution in [2.45, 2.75) is 0 Å². The number of pyridine rings is 2. The molecule has 4 rings (SSSR count). The lowest BCUT2D eigenvalue weighted by Gasteiger charge is -2.14. The predicted molar refractivity (Wildman–Crippen MR) is 108 cm³/mol. The SMILES string of the molecule is S=C(Nc1ccccc1Cl)Nc1cc2ccncc2c2ncccc12. The summed E-state index contributed by atoms with van der Waals surface area (Å²) < 4.78 is 0. The summed E-state index contributed by atoms with van der Waals surface area (Å²) in [7, 11) is 0. The second-order valence-electron chi connectivity index (χ2n) is 5.48. The Hall–Kier alpha value is -2.76. The standard InChI is InChI=1S/C19H13ClN4S/c20-15-5-1-2-6-16(15)23-19(25)24-17-10-12-7-9-21-11-14(12)18-13(17)4-3-8-22-18/h1-11H,(H2,23,24,25). The van der Waals surface area contributed by atoms with Gasteiger partial charge in [-0.15, -0.1) is 0 Å². The molecule has 0 amide bonds. The van der Waals surface area contributed by atoms with Gasteiger partial charge in [-0.2, -0.15) is 0 Å². The average molecular weight is 365 g/mol. The van der Waals surface area contributed by atoms with Crippen molar-refractivity contribution >= 4 is 62.0 Å².